The Labute approximate surface area is 159 Å². The van der Waals surface area contributed by atoms with Crippen LogP contribution in [-0.4, -0.2) is 16.4 Å². The second-order valence-corrected chi connectivity index (χ2v) is 6.36. The molecule has 0 saturated heterocycles. The first-order valence-corrected chi connectivity index (χ1v) is 7.87. The summed E-state index contributed by atoms with van der Waals surface area (Å²) in [6.45, 7) is -0.573. The largest absolute Gasteiger partial charge is 0.483 e. The van der Waals surface area contributed by atoms with E-state index in [4.69, 9.17) is 51.1 Å². The van der Waals surface area contributed by atoms with E-state index in [1.807, 2.05) is 0 Å². The summed E-state index contributed by atoms with van der Waals surface area (Å²) in [5.74, 6) is -1.14. The van der Waals surface area contributed by atoms with Crippen LogP contribution in [0.25, 0.3) is 11.1 Å². The Hall–Kier alpha value is -1.15. The first-order chi connectivity index (χ1) is 11.4. The monoisotopic (exact) mass is 437 g/mol. The van der Waals surface area contributed by atoms with Crippen molar-refractivity contribution >= 4 is 51.6 Å². The van der Waals surface area contributed by atoms with Crippen LogP contribution in [0.4, 0.5) is 17.6 Å². The molecule has 1 aromatic carbocycles. The number of halogens is 8. The van der Waals surface area contributed by atoms with E-state index in [0.29, 0.717) is 4.57 Å². The second kappa shape index (κ2) is 7.23. The molecule has 0 N–H and O–H groups in total. The quantitative estimate of drug-likeness (QED) is 0.436. The molecule has 0 aliphatic carbocycles. The number of nitrogens with zero attached hydrogens (tertiary/aromatic N) is 1. The topological polar surface area (TPSA) is 31.2 Å². The molecule has 0 fully saturated rings. The van der Waals surface area contributed by atoms with E-state index >= 15 is 0 Å². The molecule has 0 radical (unpaired) electrons. The van der Waals surface area contributed by atoms with E-state index in [1.54, 1.807) is 0 Å². The first kappa shape index (κ1) is 20.2. The molecule has 0 saturated carbocycles. The fraction of sp³-hybridized carbons (Fsp3) is 0.214. The van der Waals surface area contributed by atoms with Gasteiger partial charge in [0.25, 0.3) is 5.24 Å². The van der Waals surface area contributed by atoms with E-state index in [-0.39, 0.29) is 21.9 Å². The fourth-order valence-corrected chi connectivity index (χ4v) is 3.15. The molecule has 3 nitrogen and oxygen atoms in total. The third kappa shape index (κ3) is 4.00. The lowest BCUT2D eigenvalue weighted by molar-refractivity contribution is -0.142. The average molecular weight is 439 g/mol. The van der Waals surface area contributed by atoms with E-state index in [0.717, 1.165) is 19.2 Å². The second-order valence-electron chi connectivity index (χ2n) is 4.79. The molecule has 1 heterocycles. The smallest absolute Gasteiger partial charge is 0.432 e. The average Bonchev–Trinajstić information content (AvgIpc) is 2.68. The van der Waals surface area contributed by atoms with Crippen molar-refractivity contribution in [1.82, 2.24) is 4.57 Å². The number of hydrogen-bond donors (Lipinski definition) is 0. The van der Waals surface area contributed by atoms with Crippen LogP contribution in [0.15, 0.2) is 12.1 Å². The SMILES string of the molecule is Cn1c(Cl)c(-c2cc(OCC(=O)Cl)c(Cl)cc2F)c(Cl)c1C(F)(F)F. The Morgan fingerprint density at radius 1 is 1.24 bits per heavy atom. The van der Waals surface area contributed by atoms with Crippen LogP contribution >= 0.6 is 46.4 Å². The molecule has 0 unspecified atom stereocenters. The van der Waals surface area contributed by atoms with Crippen LogP contribution in [0.3, 0.4) is 0 Å². The zero-order valence-corrected chi connectivity index (χ0v) is 15.2. The van der Waals surface area contributed by atoms with Gasteiger partial charge in [-0.15, -0.1) is 0 Å². The summed E-state index contributed by atoms with van der Waals surface area (Å²) in [5.41, 5.74) is -1.99. The normalized spacial score (nSPS) is 11.7. The van der Waals surface area contributed by atoms with Gasteiger partial charge in [0.1, 0.15) is 22.4 Å². The van der Waals surface area contributed by atoms with Crippen molar-refractivity contribution in [2.24, 2.45) is 7.05 Å². The van der Waals surface area contributed by atoms with Gasteiger partial charge >= 0.3 is 6.18 Å². The molecular formula is C14H7Cl4F4NO2. The van der Waals surface area contributed by atoms with Crippen LogP contribution < -0.4 is 4.74 Å². The van der Waals surface area contributed by atoms with Gasteiger partial charge in [-0.1, -0.05) is 34.8 Å². The first-order valence-electron chi connectivity index (χ1n) is 6.36. The lowest BCUT2D eigenvalue weighted by atomic mass is 10.1. The summed E-state index contributed by atoms with van der Waals surface area (Å²) in [6.07, 6.45) is -4.80. The molecule has 2 rings (SSSR count). The number of hydrogen-bond acceptors (Lipinski definition) is 2. The van der Waals surface area contributed by atoms with E-state index < -0.39 is 39.7 Å². The maximum atomic E-state index is 14.3. The maximum Gasteiger partial charge on any atom is 0.432 e. The fourth-order valence-electron chi connectivity index (χ4n) is 2.13. The van der Waals surface area contributed by atoms with Crippen LogP contribution in [0, 0.1) is 5.82 Å². The van der Waals surface area contributed by atoms with Gasteiger partial charge in [-0.2, -0.15) is 13.2 Å². The molecule has 0 spiro atoms. The maximum absolute atomic E-state index is 14.3. The van der Waals surface area contributed by atoms with Gasteiger partial charge < -0.3 is 9.30 Å². The highest BCUT2D eigenvalue weighted by Crippen LogP contribution is 2.47. The van der Waals surface area contributed by atoms with Crippen LogP contribution in [0.5, 0.6) is 5.75 Å². The van der Waals surface area contributed by atoms with Gasteiger partial charge in [0, 0.05) is 18.2 Å². The molecule has 0 amide bonds. The molecular weight excluding hydrogens is 432 g/mol. The van der Waals surface area contributed by atoms with Crippen LogP contribution in [-0.2, 0) is 18.0 Å². The van der Waals surface area contributed by atoms with E-state index in [2.05, 4.69) is 0 Å². The number of rotatable bonds is 4. The zero-order chi connectivity index (χ0) is 19.1. The number of carbonyl (C=O) groups is 1. The Morgan fingerprint density at radius 3 is 2.32 bits per heavy atom. The summed E-state index contributed by atoms with van der Waals surface area (Å²) in [5, 5.41) is -2.27. The van der Waals surface area contributed by atoms with Crippen molar-refractivity contribution in [2.45, 2.75) is 6.18 Å². The Balaban J connectivity index is 2.67. The van der Waals surface area contributed by atoms with Crippen molar-refractivity contribution in [3.8, 4) is 16.9 Å². The van der Waals surface area contributed by atoms with Gasteiger partial charge in [0.2, 0.25) is 0 Å². The predicted octanol–water partition coefficient (Wildman–Crippen LogP) is 5.95. The third-order valence-corrected chi connectivity index (χ3v) is 4.38. The molecule has 11 heteroatoms. The minimum absolute atomic E-state index is 0.170. The van der Waals surface area contributed by atoms with Crippen molar-refractivity contribution in [3.05, 3.63) is 38.8 Å². The highest BCUT2D eigenvalue weighted by atomic mass is 35.5. The molecule has 25 heavy (non-hydrogen) atoms. The lowest BCUT2D eigenvalue weighted by Gasteiger charge is -2.10. The minimum Gasteiger partial charge on any atom is -0.483 e. The number of alkyl halides is 3. The van der Waals surface area contributed by atoms with E-state index in [1.165, 1.54) is 0 Å². The molecule has 0 bridgehead atoms. The highest BCUT2D eigenvalue weighted by Gasteiger charge is 2.40. The summed E-state index contributed by atoms with van der Waals surface area (Å²) >= 11 is 22.7. The molecule has 1 aromatic heterocycles. The van der Waals surface area contributed by atoms with Crippen molar-refractivity contribution in [1.29, 1.82) is 0 Å². The number of ether oxygens (including phenoxy) is 1. The third-order valence-electron chi connectivity index (χ3n) is 3.16. The van der Waals surface area contributed by atoms with Gasteiger partial charge in [-0.3, -0.25) is 4.79 Å². The molecule has 136 valence electrons. The van der Waals surface area contributed by atoms with E-state index in [9.17, 15) is 22.4 Å². The molecule has 0 aliphatic heterocycles. The molecule has 2 aromatic rings. The molecule has 0 aliphatic rings. The Bertz CT molecular complexity index is 849. The lowest BCUT2D eigenvalue weighted by Crippen LogP contribution is -2.11. The Kier molecular flexibility index (Phi) is 5.83. The van der Waals surface area contributed by atoms with Crippen LogP contribution in [0.1, 0.15) is 5.69 Å². The summed E-state index contributed by atoms with van der Waals surface area (Å²) < 4.78 is 59.2. The Morgan fingerprint density at radius 2 is 1.84 bits per heavy atom. The zero-order valence-electron chi connectivity index (χ0n) is 12.1. The van der Waals surface area contributed by atoms with Gasteiger partial charge in [0.15, 0.2) is 6.61 Å². The summed E-state index contributed by atoms with van der Waals surface area (Å²) in [4.78, 5) is 10.8. The van der Waals surface area contributed by atoms with Crippen LogP contribution in [0.2, 0.25) is 15.2 Å². The summed E-state index contributed by atoms with van der Waals surface area (Å²) in [6, 6.07) is 1.79. The number of carbonyl (C=O) groups excluding carboxylic acids is 1. The molecule has 0 atom stereocenters. The van der Waals surface area contributed by atoms with Crippen molar-refractivity contribution in [3.63, 3.8) is 0 Å². The number of aromatic nitrogens is 1. The van der Waals surface area contributed by atoms with Crippen molar-refractivity contribution in [2.75, 3.05) is 6.61 Å². The predicted molar refractivity (Wildman–Crippen MR) is 87.2 cm³/mol. The highest BCUT2D eigenvalue weighted by molar-refractivity contribution is 6.63. The van der Waals surface area contributed by atoms with Crippen molar-refractivity contribution < 1.29 is 27.1 Å². The minimum atomic E-state index is -4.80. The van der Waals surface area contributed by atoms with Gasteiger partial charge in [-0.05, 0) is 23.7 Å². The van der Waals surface area contributed by atoms with Gasteiger partial charge in [0.05, 0.1) is 10.0 Å². The number of benzene rings is 1. The standard InChI is InChI=1S/C14H7Cl4F4NO2/c1-23-12(14(20,21)22)11(17)10(13(23)18)5-2-8(25-4-9(16)24)6(15)3-7(5)19/h2-3H,4H2,1H3. The van der Waals surface area contributed by atoms with Gasteiger partial charge in [-0.25, -0.2) is 4.39 Å². The summed E-state index contributed by atoms with van der Waals surface area (Å²) in [7, 11) is 1.04.